The lowest BCUT2D eigenvalue weighted by Crippen LogP contribution is -2.62. The Balaban J connectivity index is 1.99. The van der Waals surface area contributed by atoms with Gasteiger partial charge >= 0.3 is 0 Å². The number of hydrogen-bond donors (Lipinski definition) is 1. The number of β-amino-alcohol motifs (C(OH)–C–C–N with tert-alkyl or cyclic N) is 1. The lowest BCUT2D eigenvalue weighted by atomic mass is 9.90. The lowest BCUT2D eigenvalue weighted by Gasteiger charge is -2.47. The summed E-state index contributed by atoms with van der Waals surface area (Å²) in [6.07, 6.45) is 5.71. The van der Waals surface area contributed by atoms with Crippen LogP contribution in [-0.4, -0.2) is 33.3 Å². The summed E-state index contributed by atoms with van der Waals surface area (Å²) in [5.41, 5.74) is -0.473. The molecule has 0 atom stereocenters. The van der Waals surface area contributed by atoms with Gasteiger partial charge in [0.15, 0.2) is 0 Å². The van der Waals surface area contributed by atoms with Crippen molar-refractivity contribution in [2.75, 3.05) is 18.0 Å². The van der Waals surface area contributed by atoms with Crippen molar-refractivity contribution in [3.63, 3.8) is 0 Å². The highest BCUT2D eigenvalue weighted by Crippen LogP contribution is 2.29. The SMILES string of the molecule is CCCC1(O)CN(c2nccn2CC)C1. The summed E-state index contributed by atoms with van der Waals surface area (Å²) in [6.45, 7) is 6.57. The first-order valence-electron chi connectivity index (χ1n) is 5.67. The maximum atomic E-state index is 10.1. The standard InChI is InChI=1S/C11H19N3O/c1-3-5-11(15)8-14(9-11)10-12-6-7-13(10)4-2/h6-7,15H,3-5,8-9H2,1-2H3. The number of anilines is 1. The zero-order valence-electron chi connectivity index (χ0n) is 9.48. The average molecular weight is 209 g/mol. The summed E-state index contributed by atoms with van der Waals surface area (Å²) in [5.74, 6) is 0.985. The highest BCUT2D eigenvalue weighted by Gasteiger charge is 2.41. The minimum absolute atomic E-state index is 0.473. The first kappa shape index (κ1) is 10.5. The largest absolute Gasteiger partial charge is 0.386 e. The fourth-order valence-corrected chi connectivity index (χ4v) is 2.26. The topological polar surface area (TPSA) is 41.3 Å². The molecule has 0 radical (unpaired) electrons. The molecule has 2 heterocycles. The van der Waals surface area contributed by atoms with E-state index in [2.05, 4.69) is 28.3 Å². The first-order chi connectivity index (χ1) is 7.18. The Hall–Kier alpha value is -1.03. The number of hydrogen-bond acceptors (Lipinski definition) is 3. The third-order valence-corrected chi connectivity index (χ3v) is 3.00. The molecule has 0 unspecified atom stereocenters. The zero-order chi connectivity index (χ0) is 10.9. The molecule has 1 aromatic heterocycles. The van der Waals surface area contributed by atoms with Crippen LogP contribution in [-0.2, 0) is 6.54 Å². The van der Waals surface area contributed by atoms with Crippen molar-refractivity contribution in [3.05, 3.63) is 12.4 Å². The van der Waals surface area contributed by atoms with Crippen molar-refractivity contribution in [1.29, 1.82) is 0 Å². The number of nitrogens with zero attached hydrogens (tertiary/aromatic N) is 3. The smallest absolute Gasteiger partial charge is 0.205 e. The number of aliphatic hydroxyl groups is 1. The highest BCUT2D eigenvalue weighted by molar-refractivity contribution is 5.38. The van der Waals surface area contributed by atoms with Gasteiger partial charge in [0.2, 0.25) is 5.95 Å². The van der Waals surface area contributed by atoms with E-state index < -0.39 is 5.60 Å². The molecule has 0 amide bonds. The molecule has 1 aromatic rings. The van der Waals surface area contributed by atoms with Gasteiger partial charge < -0.3 is 14.6 Å². The summed E-state index contributed by atoms with van der Waals surface area (Å²) < 4.78 is 2.10. The fraction of sp³-hybridized carbons (Fsp3) is 0.727. The number of aromatic nitrogens is 2. The average Bonchev–Trinajstić information content (AvgIpc) is 2.61. The molecule has 84 valence electrons. The van der Waals surface area contributed by atoms with Gasteiger partial charge in [-0.25, -0.2) is 4.98 Å². The molecule has 0 saturated carbocycles. The van der Waals surface area contributed by atoms with Crippen LogP contribution in [0, 0.1) is 0 Å². The normalized spacial score (nSPS) is 19.0. The van der Waals surface area contributed by atoms with Crippen LogP contribution in [0.2, 0.25) is 0 Å². The molecule has 1 saturated heterocycles. The molecule has 4 nitrogen and oxygen atoms in total. The van der Waals surface area contributed by atoms with Crippen LogP contribution < -0.4 is 4.90 Å². The van der Waals surface area contributed by atoms with Gasteiger partial charge in [0.1, 0.15) is 0 Å². The second-order valence-corrected chi connectivity index (χ2v) is 4.34. The molecule has 1 aliphatic rings. The van der Waals surface area contributed by atoms with E-state index in [4.69, 9.17) is 0 Å². The molecule has 1 N–H and O–H groups in total. The van der Waals surface area contributed by atoms with Gasteiger partial charge in [-0.3, -0.25) is 0 Å². The number of imidazole rings is 1. The highest BCUT2D eigenvalue weighted by atomic mass is 16.3. The maximum absolute atomic E-state index is 10.1. The Morgan fingerprint density at radius 2 is 2.20 bits per heavy atom. The number of aryl methyl sites for hydroxylation is 1. The summed E-state index contributed by atoms with van der Waals surface area (Å²) in [6, 6.07) is 0. The van der Waals surface area contributed by atoms with E-state index in [9.17, 15) is 5.11 Å². The lowest BCUT2D eigenvalue weighted by molar-refractivity contribution is 0.00213. The molecule has 0 aromatic carbocycles. The Kier molecular flexibility index (Phi) is 2.69. The van der Waals surface area contributed by atoms with Crippen LogP contribution in [0.1, 0.15) is 26.7 Å². The van der Waals surface area contributed by atoms with E-state index in [1.54, 1.807) is 0 Å². The number of rotatable bonds is 4. The Bertz CT molecular complexity index is 328. The van der Waals surface area contributed by atoms with Gasteiger partial charge in [-0.2, -0.15) is 0 Å². The van der Waals surface area contributed by atoms with E-state index in [-0.39, 0.29) is 0 Å². The third-order valence-electron chi connectivity index (χ3n) is 3.00. The minimum atomic E-state index is -0.473. The second kappa shape index (κ2) is 3.85. The van der Waals surface area contributed by atoms with Gasteiger partial charge in [-0.05, 0) is 13.3 Å². The van der Waals surface area contributed by atoms with Crippen LogP contribution in [0.3, 0.4) is 0 Å². The van der Waals surface area contributed by atoms with Gasteiger partial charge in [0.25, 0.3) is 0 Å². The molecule has 15 heavy (non-hydrogen) atoms. The molecule has 1 aliphatic heterocycles. The van der Waals surface area contributed by atoms with E-state index in [1.165, 1.54) is 0 Å². The Labute approximate surface area is 90.5 Å². The molecular formula is C11H19N3O. The molecule has 1 fully saturated rings. The van der Waals surface area contributed by atoms with Crippen LogP contribution in [0.5, 0.6) is 0 Å². The van der Waals surface area contributed by atoms with E-state index in [0.29, 0.717) is 0 Å². The van der Waals surface area contributed by atoms with Crippen LogP contribution >= 0.6 is 0 Å². The zero-order valence-corrected chi connectivity index (χ0v) is 9.48. The molecule has 4 heteroatoms. The van der Waals surface area contributed by atoms with E-state index in [1.807, 2.05) is 12.4 Å². The van der Waals surface area contributed by atoms with Gasteiger partial charge in [0, 0.05) is 18.9 Å². The summed E-state index contributed by atoms with van der Waals surface area (Å²) in [7, 11) is 0. The van der Waals surface area contributed by atoms with Gasteiger partial charge in [0.05, 0.1) is 18.7 Å². The molecule has 0 spiro atoms. The molecular weight excluding hydrogens is 190 g/mol. The fourth-order valence-electron chi connectivity index (χ4n) is 2.26. The Morgan fingerprint density at radius 1 is 1.47 bits per heavy atom. The van der Waals surface area contributed by atoms with Crippen LogP contribution in [0.25, 0.3) is 0 Å². The molecule has 0 aliphatic carbocycles. The van der Waals surface area contributed by atoms with Crippen molar-refractivity contribution in [1.82, 2.24) is 9.55 Å². The third kappa shape index (κ3) is 1.86. The van der Waals surface area contributed by atoms with Crippen molar-refractivity contribution in [3.8, 4) is 0 Å². The summed E-state index contributed by atoms with van der Waals surface area (Å²) >= 11 is 0. The minimum Gasteiger partial charge on any atom is -0.386 e. The predicted molar refractivity (Wildman–Crippen MR) is 60.0 cm³/mol. The van der Waals surface area contributed by atoms with E-state index >= 15 is 0 Å². The first-order valence-corrected chi connectivity index (χ1v) is 5.67. The van der Waals surface area contributed by atoms with Crippen molar-refractivity contribution in [2.24, 2.45) is 0 Å². The monoisotopic (exact) mass is 209 g/mol. The Morgan fingerprint density at radius 3 is 2.80 bits per heavy atom. The second-order valence-electron chi connectivity index (χ2n) is 4.34. The predicted octanol–water partition coefficient (Wildman–Crippen LogP) is 1.25. The van der Waals surface area contributed by atoms with E-state index in [0.717, 1.165) is 38.4 Å². The van der Waals surface area contributed by atoms with Gasteiger partial charge in [-0.15, -0.1) is 0 Å². The summed E-state index contributed by atoms with van der Waals surface area (Å²) in [4.78, 5) is 6.45. The molecule has 2 rings (SSSR count). The van der Waals surface area contributed by atoms with Crippen LogP contribution in [0.4, 0.5) is 5.95 Å². The van der Waals surface area contributed by atoms with Crippen LogP contribution in [0.15, 0.2) is 12.4 Å². The van der Waals surface area contributed by atoms with Crippen molar-refractivity contribution in [2.45, 2.75) is 38.8 Å². The quantitative estimate of drug-likeness (QED) is 0.811. The maximum Gasteiger partial charge on any atom is 0.205 e. The van der Waals surface area contributed by atoms with Crippen molar-refractivity contribution >= 4 is 5.95 Å². The van der Waals surface area contributed by atoms with Gasteiger partial charge in [-0.1, -0.05) is 13.3 Å². The summed E-state index contributed by atoms with van der Waals surface area (Å²) in [5, 5.41) is 10.1. The van der Waals surface area contributed by atoms with Crippen molar-refractivity contribution < 1.29 is 5.11 Å². The molecule has 0 bridgehead atoms.